The van der Waals surface area contributed by atoms with Gasteiger partial charge >= 0.3 is 0 Å². The Morgan fingerprint density at radius 1 is 1.46 bits per heavy atom. The number of aryl methyl sites for hydroxylation is 1. The van der Waals surface area contributed by atoms with E-state index in [4.69, 9.17) is 12.2 Å². The molecule has 70 valence electrons. The van der Waals surface area contributed by atoms with Crippen LogP contribution in [-0.2, 0) is 0 Å². The van der Waals surface area contributed by atoms with Crippen molar-refractivity contribution in [1.82, 2.24) is 10.3 Å². The van der Waals surface area contributed by atoms with Gasteiger partial charge in [-0.25, -0.2) is 0 Å². The van der Waals surface area contributed by atoms with Gasteiger partial charge in [-0.2, -0.15) is 0 Å². The predicted molar refractivity (Wildman–Crippen MR) is 56.3 cm³/mol. The quantitative estimate of drug-likeness (QED) is 0.672. The number of nitrogens with one attached hydrogen (secondary N) is 2. The highest BCUT2D eigenvalue weighted by atomic mass is 32.1. The second-order valence-corrected chi connectivity index (χ2v) is 3.99. The van der Waals surface area contributed by atoms with Crippen LogP contribution in [0.4, 0.5) is 0 Å². The van der Waals surface area contributed by atoms with Gasteiger partial charge in [0.05, 0.1) is 0 Å². The number of aromatic amines is 1. The molecule has 1 aliphatic heterocycles. The van der Waals surface area contributed by atoms with Crippen LogP contribution in [0.3, 0.4) is 0 Å². The summed E-state index contributed by atoms with van der Waals surface area (Å²) >= 11 is 5.06. The first kappa shape index (κ1) is 8.91. The summed E-state index contributed by atoms with van der Waals surface area (Å²) in [5.41, 5.74) is 2.57. The van der Waals surface area contributed by atoms with Crippen LogP contribution < -0.4 is 5.32 Å². The second-order valence-electron chi connectivity index (χ2n) is 3.55. The standard InChI is InChI=1S/C10H14N2S/c1-7-8(4-5-10(13)12-7)9-3-2-6-11-9/h4-5,9,11H,2-3,6H2,1H3,(H,12,13). The smallest absolute Gasteiger partial charge is 0.103 e. The molecule has 13 heavy (non-hydrogen) atoms. The van der Waals surface area contributed by atoms with Crippen molar-refractivity contribution in [2.75, 3.05) is 6.54 Å². The van der Waals surface area contributed by atoms with Crippen LogP contribution in [0.2, 0.25) is 0 Å². The van der Waals surface area contributed by atoms with Crippen LogP contribution in [0.25, 0.3) is 0 Å². The molecule has 0 radical (unpaired) electrons. The van der Waals surface area contributed by atoms with Crippen molar-refractivity contribution in [3.05, 3.63) is 28.0 Å². The Labute approximate surface area is 83.4 Å². The SMILES string of the molecule is Cc1[nH]c(=S)ccc1C1CCCN1. The lowest BCUT2D eigenvalue weighted by molar-refractivity contribution is 0.639. The first-order valence-corrected chi connectivity index (χ1v) is 5.11. The maximum Gasteiger partial charge on any atom is 0.103 e. The summed E-state index contributed by atoms with van der Waals surface area (Å²) in [6, 6.07) is 4.64. The monoisotopic (exact) mass is 194 g/mol. The minimum Gasteiger partial charge on any atom is -0.350 e. The molecular formula is C10H14N2S. The zero-order valence-corrected chi connectivity index (χ0v) is 8.58. The zero-order chi connectivity index (χ0) is 9.26. The van der Waals surface area contributed by atoms with E-state index in [1.54, 1.807) is 0 Å². The molecule has 1 fully saturated rings. The van der Waals surface area contributed by atoms with E-state index >= 15 is 0 Å². The summed E-state index contributed by atoms with van der Waals surface area (Å²) in [6.07, 6.45) is 2.52. The minimum atomic E-state index is 0.534. The molecule has 1 atom stereocenters. The van der Waals surface area contributed by atoms with Crippen molar-refractivity contribution in [2.24, 2.45) is 0 Å². The van der Waals surface area contributed by atoms with Crippen LogP contribution in [0.5, 0.6) is 0 Å². The van der Waals surface area contributed by atoms with Crippen molar-refractivity contribution in [3.63, 3.8) is 0 Å². The number of rotatable bonds is 1. The van der Waals surface area contributed by atoms with Gasteiger partial charge in [0.2, 0.25) is 0 Å². The number of hydrogen-bond donors (Lipinski definition) is 2. The lowest BCUT2D eigenvalue weighted by Gasteiger charge is -2.12. The average molecular weight is 194 g/mol. The molecule has 2 rings (SSSR count). The molecule has 1 aromatic rings. The van der Waals surface area contributed by atoms with Crippen molar-refractivity contribution in [1.29, 1.82) is 0 Å². The molecule has 3 heteroatoms. The Balaban J connectivity index is 2.34. The van der Waals surface area contributed by atoms with Gasteiger partial charge < -0.3 is 10.3 Å². The molecule has 0 saturated carbocycles. The molecule has 0 aliphatic carbocycles. The van der Waals surface area contributed by atoms with Gasteiger partial charge in [-0.3, -0.25) is 0 Å². The fourth-order valence-corrected chi connectivity index (χ4v) is 2.14. The molecule has 1 saturated heterocycles. The minimum absolute atomic E-state index is 0.534. The van der Waals surface area contributed by atoms with Crippen LogP contribution in [-0.4, -0.2) is 11.5 Å². The largest absolute Gasteiger partial charge is 0.350 e. The lowest BCUT2D eigenvalue weighted by Crippen LogP contribution is -2.14. The van der Waals surface area contributed by atoms with E-state index in [0.717, 1.165) is 11.2 Å². The number of aromatic nitrogens is 1. The number of hydrogen-bond acceptors (Lipinski definition) is 2. The maximum atomic E-state index is 5.06. The normalized spacial score (nSPS) is 22.1. The van der Waals surface area contributed by atoms with E-state index in [1.165, 1.54) is 24.1 Å². The van der Waals surface area contributed by atoms with E-state index in [1.807, 2.05) is 6.07 Å². The highest BCUT2D eigenvalue weighted by Gasteiger charge is 2.17. The van der Waals surface area contributed by atoms with Gasteiger partial charge in [-0.1, -0.05) is 18.3 Å². The van der Waals surface area contributed by atoms with Gasteiger partial charge in [-0.15, -0.1) is 0 Å². The summed E-state index contributed by atoms with van der Waals surface area (Å²) in [5.74, 6) is 0. The second kappa shape index (κ2) is 3.60. The molecule has 0 aromatic carbocycles. The summed E-state index contributed by atoms with van der Waals surface area (Å²) < 4.78 is 0.819. The third kappa shape index (κ3) is 1.81. The topological polar surface area (TPSA) is 27.8 Å². The third-order valence-corrected chi connectivity index (χ3v) is 2.83. The van der Waals surface area contributed by atoms with E-state index in [-0.39, 0.29) is 0 Å². The zero-order valence-electron chi connectivity index (χ0n) is 7.76. The van der Waals surface area contributed by atoms with Crippen molar-refractivity contribution in [3.8, 4) is 0 Å². The first-order chi connectivity index (χ1) is 6.27. The molecule has 1 aliphatic rings. The molecule has 2 nitrogen and oxygen atoms in total. The third-order valence-electron chi connectivity index (χ3n) is 2.59. The Morgan fingerprint density at radius 2 is 2.31 bits per heavy atom. The van der Waals surface area contributed by atoms with Gasteiger partial charge in [0.1, 0.15) is 4.64 Å². The maximum absolute atomic E-state index is 5.06. The highest BCUT2D eigenvalue weighted by molar-refractivity contribution is 7.71. The fourth-order valence-electron chi connectivity index (χ4n) is 1.92. The van der Waals surface area contributed by atoms with Gasteiger partial charge in [0.25, 0.3) is 0 Å². The van der Waals surface area contributed by atoms with Gasteiger partial charge in [-0.05, 0) is 37.9 Å². The predicted octanol–water partition coefficient (Wildman–Crippen LogP) is 2.48. The van der Waals surface area contributed by atoms with Crippen molar-refractivity contribution < 1.29 is 0 Å². The van der Waals surface area contributed by atoms with Crippen molar-refractivity contribution >= 4 is 12.2 Å². The molecule has 1 unspecified atom stereocenters. The van der Waals surface area contributed by atoms with E-state index in [9.17, 15) is 0 Å². The molecule has 0 amide bonds. The molecule has 2 heterocycles. The molecule has 0 spiro atoms. The van der Waals surface area contributed by atoms with Crippen LogP contribution >= 0.6 is 12.2 Å². The van der Waals surface area contributed by atoms with E-state index < -0.39 is 0 Å². The molecule has 0 bridgehead atoms. The Morgan fingerprint density at radius 3 is 2.92 bits per heavy atom. The summed E-state index contributed by atoms with van der Waals surface area (Å²) in [4.78, 5) is 3.19. The number of pyridine rings is 1. The summed E-state index contributed by atoms with van der Waals surface area (Å²) in [7, 11) is 0. The Kier molecular flexibility index (Phi) is 2.47. The molecule has 1 aromatic heterocycles. The highest BCUT2D eigenvalue weighted by Crippen LogP contribution is 2.24. The Hall–Kier alpha value is -0.670. The summed E-state index contributed by atoms with van der Waals surface area (Å²) in [5, 5.41) is 3.48. The van der Waals surface area contributed by atoms with Gasteiger partial charge in [0.15, 0.2) is 0 Å². The van der Waals surface area contributed by atoms with Crippen LogP contribution in [0.1, 0.15) is 30.1 Å². The van der Waals surface area contributed by atoms with Crippen LogP contribution in [0, 0.1) is 11.6 Å². The molecular weight excluding hydrogens is 180 g/mol. The van der Waals surface area contributed by atoms with E-state index in [0.29, 0.717) is 6.04 Å². The fraction of sp³-hybridized carbons (Fsp3) is 0.500. The average Bonchev–Trinajstić information content (AvgIpc) is 2.56. The number of H-pyrrole nitrogens is 1. The first-order valence-electron chi connectivity index (χ1n) is 4.70. The van der Waals surface area contributed by atoms with Crippen molar-refractivity contribution in [2.45, 2.75) is 25.8 Å². The summed E-state index contributed by atoms with van der Waals surface area (Å²) in [6.45, 7) is 3.23. The van der Waals surface area contributed by atoms with Crippen LogP contribution in [0.15, 0.2) is 12.1 Å². The molecule has 2 N–H and O–H groups in total. The lowest BCUT2D eigenvalue weighted by atomic mass is 10.0. The van der Waals surface area contributed by atoms with E-state index in [2.05, 4.69) is 23.3 Å². The van der Waals surface area contributed by atoms with Gasteiger partial charge in [0, 0.05) is 11.7 Å². The Bertz CT molecular complexity index is 350.